The molecule has 0 aromatic heterocycles. The van der Waals surface area contributed by atoms with Crippen molar-refractivity contribution in [3.63, 3.8) is 0 Å². The summed E-state index contributed by atoms with van der Waals surface area (Å²) >= 11 is 0. The zero-order valence-electron chi connectivity index (χ0n) is 10.7. The minimum absolute atomic E-state index is 0.101. The van der Waals surface area contributed by atoms with Crippen LogP contribution in [-0.4, -0.2) is 12.6 Å². The van der Waals surface area contributed by atoms with Crippen LogP contribution in [0.3, 0.4) is 0 Å². The molecule has 0 saturated heterocycles. The van der Waals surface area contributed by atoms with Gasteiger partial charge in [0.15, 0.2) is 0 Å². The molecule has 3 rings (SSSR count). The SMILES string of the molecule is N[C@@H]1COc2cc(OCc3ccccc3)ccc2C1. The van der Waals surface area contributed by atoms with Crippen molar-refractivity contribution < 1.29 is 9.47 Å². The van der Waals surface area contributed by atoms with Gasteiger partial charge in [0.05, 0.1) is 0 Å². The van der Waals surface area contributed by atoms with Crippen molar-refractivity contribution in [2.75, 3.05) is 6.61 Å². The normalized spacial score (nSPS) is 17.4. The van der Waals surface area contributed by atoms with Gasteiger partial charge in [-0.3, -0.25) is 0 Å². The van der Waals surface area contributed by atoms with E-state index < -0.39 is 0 Å². The van der Waals surface area contributed by atoms with Gasteiger partial charge in [-0.2, -0.15) is 0 Å². The molecule has 0 bridgehead atoms. The van der Waals surface area contributed by atoms with Crippen molar-refractivity contribution in [3.8, 4) is 11.5 Å². The molecule has 1 heterocycles. The van der Waals surface area contributed by atoms with E-state index in [1.54, 1.807) is 0 Å². The van der Waals surface area contributed by atoms with E-state index in [4.69, 9.17) is 15.2 Å². The maximum Gasteiger partial charge on any atom is 0.126 e. The van der Waals surface area contributed by atoms with Crippen LogP contribution in [0, 0.1) is 0 Å². The average Bonchev–Trinajstić information content (AvgIpc) is 2.46. The standard InChI is InChI=1S/C16H17NO2/c17-14-8-13-6-7-15(9-16(13)19-11-14)18-10-12-4-2-1-3-5-12/h1-7,9,14H,8,10-11,17H2/t14-/m0/s1. The third kappa shape index (κ3) is 2.88. The summed E-state index contributed by atoms with van der Waals surface area (Å²) in [5.74, 6) is 1.73. The Morgan fingerprint density at radius 3 is 2.84 bits per heavy atom. The zero-order valence-corrected chi connectivity index (χ0v) is 10.7. The number of ether oxygens (including phenoxy) is 2. The second-order valence-electron chi connectivity index (χ2n) is 4.82. The molecule has 1 aliphatic heterocycles. The molecule has 2 N–H and O–H groups in total. The summed E-state index contributed by atoms with van der Waals surface area (Å²) in [4.78, 5) is 0. The molecule has 3 nitrogen and oxygen atoms in total. The van der Waals surface area contributed by atoms with E-state index in [0.717, 1.165) is 29.0 Å². The molecule has 1 atom stereocenters. The van der Waals surface area contributed by atoms with Crippen molar-refractivity contribution in [1.29, 1.82) is 0 Å². The van der Waals surface area contributed by atoms with E-state index in [0.29, 0.717) is 13.2 Å². The van der Waals surface area contributed by atoms with E-state index >= 15 is 0 Å². The molecular weight excluding hydrogens is 238 g/mol. The van der Waals surface area contributed by atoms with Gasteiger partial charge in [-0.1, -0.05) is 36.4 Å². The third-order valence-electron chi connectivity index (χ3n) is 3.22. The van der Waals surface area contributed by atoms with Gasteiger partial charge in [0, 0.05) is 12.1 Å². The zero-order chi connectivity index (χ0) is 13.1. The van der Waals surface area contributed by atoms with Crippen LogP contribution < -0.4 is 15.2 Å². The molecule has 0 aliphatic carbocycles. The molecule has 2 aromatic rings. The van der Waals surface area contributed by atoms with Gasteiger partial charge in [-0.05, 0) is 23.6 Å². The smallest absolute Gasteiger partial charge is 0.126 e. The highest BCUT2D eigenvalue weighted by atomic mass is 16.5. The first-order valence-corrected chi connectivity index (χ1v) is 6.49. The fraction of sp³-hybridized carbons (Fsp3) is 0.250. The molecule has 1 aliphatic rings. The maximum absolute atomic E-state index is 5.87. The third-order valence-corrected chi connectivity index (χ3v) is 3.22. The summed E-state index contributed by atoms with van der Waals surface area (Å²) in [6.45, 7) is 1.15. The van der Waals surface area contributed by atoms with Crippen LogP contribution in [0.15, 0.2) is 48.5 Å². The lowest BCUT2D eigenvalue weighted by Crippen LogP contribution is -2.33. The summed E-state index contributed by atoms with van der Waals surface area (Å²) in [5.41, 5.74) is 8.18. The molecule has 98 valence electrons. The molecule has 3 heteroatoms. The Balaban J connectivity index is 1.69. The van der Waals surface area contributed by atoms with Crippen LogP contribution in [0.4, 0.5) is 0 Å². The molecule has 0 radical (unpaired) electrons. The minimum atomic E-state index is 0.101. The van der Waals surface area contributed by atoms with Crippen LogP contribution in [0.2, 0.25) is 0 Å². The number of benzene rings is 2. The molecule has 0 amide bonds. The number of hydrogen-bond donors (Lipinski definition) is 1. The van der Waals surface area contributed by atoms with Gasteiger partial charge in [-0.15, -0.1) is 0 Å². The number of fused-ring (bicyclic) bond motifs is 1. The molecule has 0 fully saturated rings. The number of hydrogen-bond acceptors (Lipinski definition) is 3. The quantitative estimate of drug-likeness (QED) is 0.916. The van der Waals surface area contributed by atoms with E-state index in [-0.39, 0.29) is 6.04 Å². The predicted octanol–water partition coefficient (Wildman–Crippen LogP) is 2.53. The molecule has 19 heavy (non-hydrogen) atoms. The Labute approximate surface area is 113 Å². The van der Waals surface area contributed by atoms with E-state index in [2.05, 4.69) is 0 Å². The first-order valence-electron chi connectivity index (χ1n) is 6.49. The molecule has 0 spiro atoms. The highest BCUT2D eigenvalue weighted by Gasteiger charge is 2.16. The van der Waals surface area contributed by atoms with Crippen molar-refractivity contribution >= 4 is 0 Å². The van der Waals surface area contributed by atoms with Crippen LogP contribution in [-0.2, 0) is 13.0 Å². The Kier molecular flexibility index (Phi) is 3.38. The molecule has 2 aromatic carbocycles. The van der Waals surface area contributed by atoms with Crippen molar-refractivity contribution in [2.24, 2.45) is 5.73 Å². The molecule has 0 saturated carbocycles. The van der Waals surface area contributed by atoms with Crippen LogP contribution in [0.1, 0.15) is 11.1 Å². The Bertz CT molecular complexity index is 554. The van der Waals surface area contributed by atoms with E-state index in [9.17, 15) is 0 Å². The summed E-state index contributed by atoms with van der Waals surface area (Å²) in [6.07, 6.45) is 0.869. The summed E-state index contributed by atoms with van der Waals surface area (Å²) in [5, 5.41) is 0. The Morgan fingerprint density at radius 2 is 2.00 bits per heavy atom. The van der Waals surface area contributed by atoms with Gasteiger partial charge in [-0.25, -0.2) is 0 Å². The van der Waals surface area contributed by atoms with Crippen LogP contribution in [0.25, 0.3) is 0 Å². The van der Waals surface area contributed by atoms with Crippen molar-refractivity contribution in [3.05, 3.63) is 59.7 Å². The fourth-order valence-corrected chi connectivity index (χ4v) is 2.21. The highest BCUT2D eigenvalue weighted by molar-refractivity contribution is 5.42. The molecular formula is C16H17NO2. The van der Waals surface area contributed by atoms with Crippen LogP contribution >= 0.6 is 0 Å². The first-order chi connectivity index (χ1) is 9.31. The van der Waals surface area contributed by atoms with Gasteiger partial charge < -0.3 is 15.2 Å². The highest BCUT2D eigenvalue weighted by Crippen LogP contribution is 2.29. The first kappa shape index (κ1) is 12.1. The topological polar surface area (TPSA) is 44.5 Å². The monoisotopic (exact) mass is 255 g/mol. The minimum Gasteiger partial charge on any atom is -0.492 e. The fourth-order valence-electron chi connectivity index (χ4n) is 2.21. The lowest BCUT2D eigenvalue weighted by atomic mass is 10.0. The van der Waals surface area contributed by atoms with Crippen molar-refractivity contribution in [1.82, 2.24) is 0 Å². The Morgan fingerprint density at radius 1 is 1.16 bits per heavy atom. The summed E-state index contributed by atoms with van der Waals surface area (Å²) < 4.78 is 11.4. The largest absolute Gasteiger partial charge is 0.492 e. The van der Waals surface area contributed by atoms with Gasteiger partial charge in [0.25, 0.3) is 0 Å². The lowest BCUT2D eigenvalue weighted by Gasteiger charge is -2.22. The summed E-state index contributed by atoms with van der Waals surface area (Å²) in [6, 6.07) is 16.2. The predicted molar refractivity (Wildman–Crippen MR) is 74.4 cm³/mol. The second kappa shape index (κ2) is 5.33. The van der Waals surface area contributed by atoms with Crippen molar-refractivity contribution in [2.45, 2.75) is 19.1 Å². The van der Waals surface area contributed by atoms with E-state index in [1.165, 1.54) is 0 Å². The second-order valence-corrected chi connectivity index (χ2v) is 4.82. The van der Waals surface area contributed by atoms with Gasteiger partial charge in [0.2, 0.25) is 0 Å². The van der Waals surface area contributed by atoms with Crippen LogP contribution in [0.5, 0.6) is 11.5 Å². The molecule has 0 unspecified atom stereocenters. The Hall–Kier alpha value is -2.00. The van der Waals surface area contributed by atoms with Gasteiger partial charge >= 0.3 is 0 Å². The number of rotatable bonds is 3. The maximum atomic E-state index is 5.87. The number of nitrogens with two attached hydrogens (primary N) is 1. The average molecular weight is 255 g/mol. The van der Waals surface area contributed by atoms with E-state index in [1.807, 2.05) is 48.5 Å². The van der Waals surface area contributed by atoms with Gasteiger partial charge in [0.1, 0.15) is 24.7 Å². The lowest BCUT2D eigenvalue weighted by molar-refractivity contribution is 0.258. The summed E-state index contributed by atoms with van der Waals surface area (Å²) in [7, 11) is 0.